The second kappa shape index (κ2) is 3.26. The molecule has 0 saturated carbocycles. The number of primary amides is 2. The van der Waals surface area contributed by atoms with E-state index in [0.717, 1.165) is 0 Å². The van der Waals surface area contributed by atoms with Crippen molar-refractivity contribution in [2.45, 2.75) is 6.92 Å². The van der Waals surface area contributed by atoms with E-state index in [-0.39, 0.29) is 11.1 Å². The minimum Gasteiger partial charge on any atom is -0.366 e. The highest BCUT2D eigenvalue weighted by atomic mass is 16.2. The van der Waals surface area contributed by atoms with Gasteiger partial charge in [-0.25, -0.2) is 0 Å². The summed E-state index contributed by atoms with van der Waals surface area (Å²) in [5, 5.41) is 0. The van der Waals surface area contributed by atoms with Crippen molar-refractivity contribution >= 4 is 11.8 Å². The summed E-state index contributed by atoms with van der Waals surface area (Å²) in [5.74, 6) is -1.27. The van der Waals surface area contributed by atoms with E-state index >= 15 is 0 Å². The molecule has 0 aliphatic rings. The quantitative estimate of drug-likeness (QED) is 0.677. The van der Waals surface area contributed by atoms with Crippen LogP contribution in [0.4, 0.5) is 0 Å². The first-order chi connectivity index (χ1) is 6.04. The fourth-order valence-electron chi connectivity index (χ4n) is 1.20. The molecule has 4 nitrogen and oxygen atoms in total. The number of carbonyl (C=O) groups excluding carboxylic acids is 2. The van der Waals surface area contributed by atoms with Gasteiger partial charge in [-0.15, -0.1) is 0 Å². The number of rotatable bonds is 2. The van der Waals surface area contributed by atoms with Gasteiger partial charge in [0.2, 0.25) is 11.8 Å². The third-order valence-electron chi connectivity index (χ3n) is 1.78. The molecule has 0 aliphatic carbocycles. The van der Waals surface area contributed by atoms with Gasteiger partial charge in [0, 0.05) is 0 Å². The van der Waals surface area contributed by atoms with Crippen LogP contribution in [0.25, 0.3) is 0 Å². The maximum atomic E-state index is 11.0. The Bertz CT molecular complexity index is 372. The second-order valence-corrected chi connectivity index (χ2v) is 2.73. The van der Waals surface area contributed by atoms with Gasteiger partial charge >= 0.3 is 0 Å². The molecule has 68 valence electrons. The average molecular weight is 178 g/mol. The van der Waals surface area contributed by atoms with Crippen LogP contribution in [0, 0.1) is 6.92 Å². The molecule has 0 unspecified atom stereocenters. The number of aryl methyl sites for hydroxylation is 1. The second-order valence-electron chi connectivity index (χ2n) is 2.73. The van der Waals surface area contributed by atoms with E-state index in [2.05, 4.69) is 0 Å². The van der Waals surface area contributed by atoms with Crippen LogP contribution in [-0.2, 0) is 0 Å². The first kappa shape index (κ1) is 9.25. The molecule has 4 heteroatoms. The highest BCUT2D eigenvalue weighted by Crippen LogP contribution is 2.12. The Morgan fingerprint density at radius 1 is 1.15 bits per heavy atom. The highest BCUT2D eigenvalue weighted by molar-refractivity contribution is 6.07. The van der Waals surface area contributed by atoms with Gasteiger partial charge in [-0.1, -0.05) is 12.1 Å². The van der Waals surface area contributed by atoms with Gasteiger partial charge in [-0.3, -0.25) is 9.59 Å². The molecule has 1 aromatic rings. The summed E-state index contributed by atoms with van der Waals surface area (Å²) in [6, 6.07) is 4.84. The Hall–Kier alpha value is -1.84. The van der Waals surface area contributed by atoms with Gasteiger partial charge in [0.25, 0.3) is 0 Å². The van der Waals surface area contributed by atoms with Crippen molar-refractivity contribution in [2.24, 2.45) is 11.5 Å². The Kier molecular flexibility index (Phi) is 2.32. The summed E-state index contributed by atoms with van der Waals surface area (Å²) < 4.78 is 0. The van der Waals surface area contributed by atoms with E-state index in [1.807, 2.05) is 0 Å². The zero-order chi connectivity index (χ0) is 10.0. The normalized spacial score (nSPS) is 9.62. The summed E-state index contributed by atoms with van der Waals surface area (Å²) in [6.07, 6.45) is 0. The Morgan fingerprint density at radius 3 is 2.15 bits per heavy atom. The third-order valence-corrected chi connectivity index (χ3v) is 1.78. The van der Waals surface area contributed by atoms with E-state index in [9.17, 15) is 9.59 Å². The fourth-order valence-corrected chi connectivity index (χ4v) is 1.20. The first-order valence-corrected chi connectivity index (χ1v) is 3.73. The van der Waals surface area contributed by atoms with Crippen LogP contribution >= 0.6 is 0 Å². The summed E-state index contributed by atoms with van der Waals surface area (Å²) in [6.45, 7) is 1.70. The van der Waals surface area contributed by atoms with E-state index in [1.54, 1.807) is 19.1 Å². The lowest BCUT2D eigenvalue weighted by atomic mass is 10.0. The van der Waals surface area contributed by atoms with Crippen molar-refractivity contribution in [2.75, 3.05) is 0 Å². The summed E-state index contributed by atoms with van der Waals surface area (Å²) in [4.78, 5) is 21.9. The number of benzene rings is 1. The molecule has 2 amide bonds. The maximum Gasteiger partial charge on any atom is 0.249 e. The zero-order valence-electron chi connectivity index (χ0n) is 7.20. The van der Waals surface area contributed by atoms with E-state index in [4.69, 9.17) is 11.5 Å². The minimum absolute atomic E-state index is 0.174. The molecule has 0 radical (unpaired) electrons. The van der Waals surface area contributed by atoms with Gasteiger partial charge in [-0.05, 0) is 18.6 Å². The molecule has 0 atom stereocenters. The van der Waals surface area contributed by atoms with Crippen LogP contribution in [0.5, 0.6) is 0 Å². The molecule has 1 rings (SSSR count). The van der Waals surface area contributed by atoms with Crippen LogP contribution in [0.3, 0.4) is 0 Å². The van der Waals surface area contributed by atoms with E-state index in [0.29, 0.717) is 5.56 Å². The Labute approximate surface area is 75.5 Å². The van der Waals surface area contributed by atoms with Crippen molar-refractivity contribution in [3.05, 3.63) is 34.9 Å². The zero-order valence-corrected chi connectivity index (χ0v) is 7.20. The number of hydrogen-bond acceptors (Lipinski definition) is 2. The number of hydrogen-bond donors (Lipinski definition) is 2. The molecule has 0 saturated heterocycles. The average Bonchev–Trinajstić information content (AvgIpc) is 2.02. The molecule has 0 spiro atoms. The predicted molar refractivity (Wildman–Crippen MR) is 48.2 cm³/mol. The largest absolute Gasteiger partial charge is 0.366 e. The standard InChI is InChI=1S/C9H10N2O2/c1-5-3-2-4-6(8(10)12)7(5)9(11)13/h2-4H,1H3,(H2,10,12)(H2,11,13). The SMILES string of the molecule is Cc1cccc(C(N)=O)c1C(N)=O. The first-order valence-electron chi connectivity index (χ1n) is 3.73. The number of nitrogens with two attached hydrogens (primary N) is 2. The molecule has 1 aromatic carbocycles. The van der Waals surface area contributed by atoms with Gasteiger partial charge < -0.3 is 11.5 Å². The monoisotopic (exact) mass is 178 g/mol. The maximum absolute atomic E-state index is 11.0. The van der Waals surface area contributed by atoms with E-state index < -0.39 is 11.8 Å². The molecule has 0 fully saturated rings. The van der Waals surface area contributed by atoms with Crippen molar-refractivity contribution in [1.29, 1.82) is 0 Å². The lowest BCUT2D eigenvalue weighted by Crippen LogP contribution is -2.21. The smallest absolute Gasteiger partial charge is 0.249 e. The molecular weight excluding hydrogens is 168 g/mol. The van der Waals surface area contributed by atoms with Crippen molar-refractivity contribution in [3.8, 4) is 0 Å². The van der Waals surface area contributed by atoms with Crippen LogP contribution in [0.15, 0.2) is 18.2 Å². The molecular formula is C9H10N2O2. The molecule has 13 heavy (non-hydrogen) atoms. The van der Waals surface area contributed by atoms with Gasteiger partial charge in [0.05, 0.1) is 11.1 Å². The predicted octanol–water partition coefficient (Wildman–Crippen LogP) is 0.193. The Balaban J connectivity index is 3.43. The van der Waals surface area contributed by atoms with Crippen LogP contribution in [0.1, 0.15) is 26.3 Å². The topological polar surface area (TPSA) is 86.2 Å². The molecule has 0 bridgehead atoms. The number of carbonyl (C=O) groups is 2. The fraction of sp³-hybridized carbons (Fsp3) is 0.111. The lowest BCUT2D eigenvalue weighted by Gasteiger charge is -2.05. The van der Waals surface area contributed by atoms with Gasteiger partial charge in [0.1, 0.15) is 0 Å². The van der Waals surface area contributed by atoms with Crippen LogP contribution < -0.4 is 11.5 Å². The minimum atomic E-state index is -0.641. The number of amides is 2. The summed E-state index contributed by atoms with van der Waals surface area (Å²) in [7, 11) is 0. The Morgan fingerprint density at radius 2 is 1.77 bits per heavy atom. The molecule has 4 N–H and O–H groups in total. The van der Waals surface area contributed by atoms with E-state index in [1.165, 1.54) is 6.07 Å². The highest BCUT2D eigenvalue weighted by Gasteiger charge is 2.14. The van der Waals surface area contributed by atoms with Crippen molar-refractivity contribution in [1.82, 2.24) is 0 Å². The molecule has 0 heterocycles. The van der Waals surface area contributed by atoms with Crippen LogP contribution in [0.2, 0.25) is 0 Å². The van der Waals surface area contributed by atoms with Crippen LogP contribution in [-0.4, -0.2) is 11.8 Å². The lowest BCUT2D eigenvalue weighted by molar-refractivity contribution is 0.0966. The van der Waals surface area contributed by atoms with Gasteiger partial charge in [-0.2, -0.15) is 0 Å². The van der Waals surface area contributed by atoms with Crippen molar-refractivity contribution < 1.29 is 9.59 Å². The summed E-state index contributed by atoms with van der Waals surface area (Å²) >= 11 is 0. The third kappa shape index (κ3) is 1.66. The summed E-state index contributed by atoms with van der Waals surface area (Å²) in [5.41, 5.74) is 11.2. The molecule has 0 aromatic heterocycles. The van der Waals surface area contributed by atoms with Gasteiger partial charge in [0.15, 0.2) is 0 Å². The molecule has 0 aliphatic heterocycles. The van der Waals surface area contributed by atoms with Crippen molar-refractivity contribution in [3.63, 3.8) is 0 Å².